The second kappa shape index (κ2) is 9.30. The van der Waals surface area contributed by atoms with E-state index >= 15 is 0 Å². The van der Waals surface area contributed by atoms with E-state index in [4.69, 9.17) is 4.74 Å². The molecule has 0 aliphatic carbocycles. The average Bonchev–Trinajstić information content (AvgIpc) is 2.80. The number of rotatable bonds is 6. The van der Waals surface area contributed by atoms with Gasteiger partial charge in [0.05, 0.1) is 11.6 Å². The van der Waals surface area contributed by atoms with Gasteiger partial charge in [0.25, 0.3) is 5.56 Å². The molecule has 2 heterocycles. The number of nitrogens with zero attached hydrogens (tertiary/aromatic N) is 2. The fourth-order valence-electron chi connectivity index (χ4n) is 4.78. The Balaban J connectivity index is 1.55. The topological polar surface area (TPSA) is 71.8 Å². The normalized spacial score (nSPS) is 19.4. The third kappa shape index (κ3) is 5.30. The second-order valence-corrected chi connectivity index (χ2v) is 9.97. The largest absolute Gasteiger partial charge is 0.438 e. The van der Waals surface area contributed by atoms with Crippen molar-refractivity contribution >= 4 is 6.09 Å². The van der Waals surface area contributed by atoms with Crippen LogP contribution in [0.15, 0.2) is 71.7 Å². The summed E-state index contributed by atoms with van der Waals surface area (Å²) < 4.78 is 21.5. The number of benzene rings is 2. The molecule has 0 saturated carbocycles. The summed E-state index contributed by atoms with van der Waals surface area (Å²) in [6, 6.07) is 17.0. The first-order valence-corrected chi connectivity index (χ1v) is 11.7. The van der Waals surface area contributed by atoms with Crippen LogP contribution >= 0.6 is 0 Å². The molecule has 1 N–H and O–H groups in total. The molecule has 6 nitrogen and oxygen atoms in total. The number of carbonyl (C=O) groups is 1. The molecule has 1 aromatic heterocycles. The molecule has 7 heteroatoms. The van der Waals surface area contributed by atoms with Crippen molar-refractivity contribution in [3.63, 3.8) is 0 Å². The first-order chi connectivity index (χ1) is 16.5. The van der Waals surface area contributed by atoms with Crippen molar-refractivity contribution in [1.29, 1.82) is 0 Å². The third-order valence-electron chi connectivity index (χ3n) is 6.64. The predicted octanol–water partition coefficient (Wildman–Crippen LogP) is 5.15. The summed E-state index contributed by atoms with van der Waals surface area (Å²) in [7, 11) is 1.71. The van der Waals surface area contributed by atoms with Crippen LogP contribution in [0.4, 0.5) is 9.18 Å². The van der Waals surface area contributed by atoms with Gasteiger partial charge < -0.3 is 19.3 Å². The Hall–Kier alpha value is -3.45. The van der Waals surface area contributed by atoms with Crippen LogP contribution in [-0.4, -0.2) is 32.8 Å². The van der Waals surface area contributed by atoms with Crippen molar-refractivity contribution in [3.8, 4) is 11.1 Å². The van der Waals surface area contributed by atoms with Gasteiger partial charge in [0.2, 0.25) is 0 Å². The minimum Gasteiger partial charge on any atom is -0.438 e. The van der Waals surface area contributed by atoms with Gasteiger partial charge in [-0.1, -0.05) is 36.4 Å². The highest BCUT2D eigenvalue weighted by Crippen LogP contribution is 2.42. The van der Waals surface area contributed by atoms with E-state index in [2.05, 4.69) is 0 Å². The molecule has 2 unspecified atom stereocenters. The zero-order chi connectivity index (χ0) is 25.4. The van der Waals surface area contributed by atoms with Gasteiger partial charge in [-0.15, -0.1) is 0 Å². The van der Waals surface area contributed by atoms with E-state index in [1.54, 1.807) is 50.2 Å². The summed E-state index contributed by atoms with van der Waals surface area (Å²) in [5.74, 6) is -0.416. The van der Waals surface area contributed by atoms with Crippen LogP contribution in [0, 0.1) is 5.82 Å². The number of halogens is 1. The summed E-state index contributed by atoms with van der Waals surface area (Å²) in [6.45, 7) is 5.63. The van der Waals surface area contributed by atoms with Gasteiger partial charge >= 0.3 is 6.09 Å². The molecule has 1 aliphatic rings. The van der Waals surface area contributed by atoms with Gasteiger partial charge in [-0.05, 0) is 61.2 Å². The van der Waals surface area contributed by atoms with Crippen molar-refractivity contribution in [2.45, 2.75) is 50.9 Å². The maximum absolute atomic E-state index is 14.0. The lowest BCUT2D eigenvalue weighted by Gasteiger charge is -2.45. The van der Waals surface area contributed by atoms with Crippen molar-refractivity contribution in [1.82, 2.24) is 9.47 Å². The molecular weight excluding hydrogens is 447 g/mol. The van der Waals surface area contributed by atoms with Crippen LogP contribution in [0.25, 0.3) is 11.1 Å². The van der Waals surface area contributed by atoms with E-state index in [0.717, 1.165) is 16.7 Å². The van der Waals surface area contributed by atoms with Crippen LogP contribution in [0.5, 0.6) is 0 Å². The molecule has 1 fully saturated rings. The molecule has 35 heavy (non-hydrogen) atoms. The summed E-state index contributed by atoms with van der Waals surface area (Å²) in [6.07, 6.45) is 1.80. The van der Waals surface area contributed by atoms with Crippen LogP contribution in [-0.2, 0) is 17.4 Å². The lowest BCUT2D eigenvalue weighted by molar-refractivity contribution is -0.101. The van der Waals surface area contributed by atoms with Crippen LogP contribution in [0.3, 0.4) is 0 Å². The van der Waals surface area contributed by atoms with Gasteiger partial charge in [-0.3, -0.25) is 4.79 Å². The highest BCUT2D eigenvalue weighted by atomic mass is 19.1. The highest BCUT2D eigenvalue weighted by molar-refractivity contribution is 5.70. The Morgan fingerprint density at radius 1 is 1.09 bits per heavy atom. The Morgan fingerprint density at radius 3 is 2.40 bits per heavy atom. The highest BCUT2D eigenvalue weighted by Gasteiger charge is 2.46. The number of carbonyl (C=O) groups excluding carboxylic acids is 1. The number of hydrogen-bond acceptors (Lipinski definition) is 4. The molecular formula is C28H31FN2O4. The van der Waals surface area contributed by atoms with Gasteiger partial charge in [0.15, 0.2) is 0 Å². The monoisotopic (exact) mass is 478 g/mol. The Labute approximate surface area is 204 Å². The number of aromatic nitrogens is 1. The van der Waals surface area contributed by atoms with Crippen molar-refractivity contribution in [2.24, 2.45) is 7.05 Å². The molecule has 0 spiro atoms. The molecule has 1 aliphatic heterocycles. The number of hydrogen-bond donors (Lipinski definition) is 1. The molecule has 1 amide bonds. The predicted molar refractivity (Wildman–Crippen MR) is 132 cm³/mol. The molecule has 1 saturated heterocycles. The molecule has 0 bridgehead atoms. The smallest absolute Gasteiger partial charge is 0.411 e. The molecule has 2 aromatic carbocycles. The molecule has 0 radical (unpaired) electrons. The van der Waals surface area contributed by atoms with Crippen LogP contribution < -0.4 is 5.56 Å². The number of amides is 1. The van der Waals surface area contributed by atoms with E-state index in [1.807, 2.05) is 37.3 Å². The lowest BCUT2D eigenvalue weighted by Crippen LogP contribution is -2.51. The van der Waals surface area contributed by atoms with Crippen molar-refractivity contribution in [3.05, 3.63) is 94.2 Å². The zero-order valence-electron chi connectivity index (χ0n) is 20.5. The van der Waals surface area contributed by atoms with E-state index in [0.29, 0.717) is 18.5 Å². The van der Waals surface area contributed by atoms with E-state index in [1.165, 1.54) is 16.7 Å². The fraction of sp³-hybridized carbons (Fsp3) is 0.357. The second-order valence-electron chi connectivity index (χ2n) is 9.97. The van der Waals surface area contributed by atoms with Crippen molar-refractivity contribution < 1.29 is 19.0 Å². The number of cyclic esters (lactones) is 1. The first kappa shape index (κ1) is 24.7. The van der Waals surface area contributed by atoms with Gasteiger partial charge in [-0.25, -0.2) is 9.18 Å². The minimum absolute atomic E-state index is 0.0798. The number of ether oxygens (including phenoxy) is 1. The number of aryl methyl sites for hydroxylation is 1. The zero-order valence-corrected chi connectivity index (χ0v) is 20.5. The lowest BCUT2D eigenvalue weighted by atomic mass is 9.80. The van der Waals surface area contributed by atoms with Gasteiger partial charge in [0.1, 0.15) is 11.4 Å². The Kier molecular flexibility index (Phi) is 6.56. The Bertz CT molecular complexity index is 1280. The average molecular weight is 479 g/mol. The maximum atomic E-state index is 14.0. The third-order valence-corrected chi connectivity index (χ3v) is 6.64. The molecule has 184 valence electrons. The summed E-state index contributed by atoms with van der Waals surface area (Å²) >= 11 is 0. The minimum atomic E-state index is -1.12. The SMILES string of the molecule is CC(c1ccc(-c2ccn(C)c(=O)c2)cc1)N1CCC(CC(C)(C)O)(c2cccc(F)c2)OC1=O. The quantitative estimate of drug-likeness (QED) is 0.532. The maximum Gasteiger partial charge on any atom is 0.411 e. The first-order valence-electron chi connectivity index (χ1n) is 11.7. The molecule has 2 atom stereocenters. The summed E-state index contributed by atoms with van der Waals surface area (Å²) in [4.78, 5) is 26.8. The molecule has 4 rings (SSSR count). The number of pyridine rings is 1. The van der Waals surface area contributed by atoms with E-state index in [-0.39, 0.29) is 18.0 Å². The van der Waals surface area contributed by atoms with Gasteiger partial charge in [0, 0.05) is 38.7 Å². The molecule has 3 aromatic rings. The summed E-state index contributed by atoms with van der Waals surface area (Å²) in [5.41, 5.74) is 0.898. The fourth-order valence-corrected chi connectivity index (χ4v) is 4.78. The van der Waals surface area contributed by atoms with Crippen LogP contribution in [0.1, 0.15) is 50.8 Å². The summed E-state index contributed by atoms with van der Waals surface area (Å²) in [5, 5.41) is 10.5. The van der Waals surface area contributed by atoms with Crippen LogP contribution in [0.2, 0.25) is 0 Å². The van der Waals surface area contributed by atoms with Gasteiger partial charge in [-0.2, -0.15) is 0 Å². The van der Waals surface area contributed by atoms with Crippen molar-refractivity contribution in [2.75, 3.05) is 6.54 Å². The Morgan fingerprint density at radius 2 is 1.80 bits per heavy atom. The van der Waals surface area contributed by atoms with E-state index in [9.17, 15) is 19.1 Å². The standard InChI is InChI=1S/C28H31FN2O4/c1-19(20-8-10-21(11-9-20)22-12-14-30(4)25(32)16-22)31-15-13-28(35-26(31)33,18-27(2,3)34)23-6-5-7-24(29)17-23/h5-12,14,16-17,19,34H,13,15,18H2,1-4H3. The number of aliphatic hydroxyl groups is 1. The van der Waals surface area contributed by atoms with E-state index < -0.39 is 23.1 Å².